The Balaban J connectivity index is 0.00000400. The summed E-state index contributed by atoms with van der Waals surface area (Å²) in [6.07, 6.45) is 2.27. The zero-order valence-corrected chi connectivity index (χ0v) is 15.6. The van der Waals surface area contributed by atoms with E-state index >= 15 is 0 Å². The molecule has 5 nitrogen and oxygen atoms in total. The summed E-state index contributed by atoms with van der Waals surface area (Å²) >= 11 is 0. The van der Waals surface area contributed by atoms with E-state index in [1.807, 2.05) is 25.1 Å². The van der Waals surface area contributed by atoms with E-state index in [0.29, 0.717) is 6.61 Å². The van der Waals surface area contributed by atoms with Crippen molar-refractivity contribution in [3.8, 4) is 11.5 Å². The zero-order chi connectivity index (χ0) is 14.8. The molecule has 6 heteroatoms. The van der Waals surface area contributed by atoms with Gasteiger partial charge in [-0.2, -0.15) is 0 Å². The van der Waals surface area contributed by atoms with E-state index in [-0.39, 0.29) is 24.0 Å². The van der Waals surface area contributed by atoms with Gasteiger partial charge in [-0.25, -0.2) is 0 Å². The lowest BCUT2D eigenvalue weighted by atomic mass is 10.2. The van der Waals surface area contributed by atoms with Crippen molar-refractivity contribution in [2.45, 2.75) is 26.7 Å². The molecule has 1 aromatic rings. The third-order valence-electron chi connectivity index (χ3n) is 2.77. The highest BCUT2D eigenvalue weighted by Crippen LogP contribution is 2.30. The SMILES string of the molecule is CCCCNC(=NC)Nc1ccc(OC)c(OCC)c1.I. The van der Waals surface area contributed by atoms with Crippen molar-refractivity contribution < 1.29 is 9.47 Å². The van der Waals surface area contributed by atoms with Crippen LogP contribution in [0.3, 0.4) is 0 Å². The summed E-state index contributed by atoms with van der Waals surface area (Å²) in [4.78, 5) is 4.20. The van der Waals surface area contributed by atoms with E-state index in [0.717, 1.165) is 42.5 Å². The number of nitrogens with one attached hydrogen (secondary N) is 2. The van der Waals surface area contributed by atoms with Crippen molar-refractivity contribution in [1.29, 1.82) is 0 Å². The molecule has 0 fully saturated rings. The lowest BCUT2D eigenvalue weighted by Crippen LogP contribution is -2.31. The van der Waals surface area contributed by atoms with Crippen LogP contribution in [0.15, 0.2) is 23.2 Å². The summed E-state index contributed by atoms with van der Waals surface area (Å²) in [6.45, 7) is 5.62. The Morgan fingerprint density at radius 2 is 2.00 bits per heavy atom. The third kappa shape index (κ3) is 6.88. The Bertz CT molecular complexity index is 439. The Morgan fingerprint density at radius 1 is 1.24 bits per heavy atom. The van der Waals surface area contributed by atoms with E-state index in [9.17, 15) is 0 Å². The van der Waals surface area contributed by atoms with Crippen LogP contribution in [0.4, 0.5) is 5.69 Å². The van der Waals surface area contributed by atoms with Crippen LogP contribution in [0.2, 0.25) is 0 Å². The molecular weight excluding hydrogens is 381 g/mol. The van der Waals surface area contributed by atoms with Gasteiger partial charge < -0.3 is 20.1 Å². The van der Waals surface area contributed by atoms with Crippen LogP contribution in [0, 0.1) is 0 Å². The van der Waals surface area contributed by atoms with E-state index in [4.69, 9.17) is 9.47 Å². The molecule has 2 N–H and O–H groups in total. The van der Waals surface area contributed by atoms with Gasteiger partial charge >= 0.3 is 0 Å². The minimum absolute atomic E-state index is 0. The first-order valence-electron chi connectivity index (χ1n) is 7.03. The molecule has 1 rings (SSSR count). The number of unbranched alkanes of at least 4 members (excludes halogenated alkanes) is 1. The molecule has 0 unspecified atom stereocenters. The molecule has 0 atom stereocenters. The second kappa shape index (κ2) is 11.5. The van der Waals surface area contributed by atoms with Crippen molar-refractivity contribution in [2.75, 3.05) is 32.6 Å². The molecule has 0 saturated heterocycles. The summed E-state index contributed by atoms with van der Waals surface area (Å²) in [5.74, 6) is 2.21. The topological polar surface area (TPSA) is 54.9 Å². The molecule has 0 aliphatic carbocycles. The molecular formula is C15H26IN3O2. The minimum Gasteiger partial charge on any atom is -0.493 e. The molecule has 0 heterocycles. The van der Waals surface area contributed by atoms with Gasteiger partial charge in [0.15, 0.2) is 17.5 Å². The molecule has 0 aliphatic rings. The molecule has 0 bridgehead atoms. The Hall–Kier alpha value is -1.18. The monoisotopic (exact) mass is 407 g/mol. The maximum Gasteiger partial charge on any atom is 0.195 e. The quantitative estimate of drug-likeness (QED) is 0.315. The van der Waals surface area contributed by atoms with E-state index < -0.39 is 0 Å². The van der Waals surface area contributed by atoms with Gasteiger partial charge in [0.2, 0.25) is 0 Å². The number of aliphatic imine (C=N–C) groups is 1. The van der Waals surface area contributed by atoms with Crippen LogP contribution in [0.25, 0.3) is 0 Å². The number of methoxy groups -OCH3 is 1. The summed E-state index contributed by atoms with van der Waals surface area (Å²) in [5.41, 5.74) is 0.916. The first-order chi connectivity index (χ1) is 9.74. The minimum atomic E-state index is 0. The first-order valence-corrected chi connectivity index (χ1v) is 7.03. The predicted molar refractivity (Wildman–Crippen MR) is 99.5 cm³/mol. The number of guanidine groups is 1. The third-order valence-corrected chi connectivity index (χ3v) is 2.77. The number of halogens is 1. The van der Waals surface area contributed by atoms with Gasteiger partial charge in [-0.15, -0.1) is 24.0 Å². The van der Waals surface area contributed by atoms with Crippen molar-refractivity contribution in [3.05, 3.63) is 18.2 Å². The van der Waals surface area contributed by atoms with Crippen molar-refractivity contribution in [2.24, 2.45) is 4.99 Å². The number of hydrogen-bond donors (Lipinski definition) is 2. The van der Waals surface area contributed by atoms with E-state index in [1.54, 1.807) is 14.2 Å². The van der Waals surface area contributed by atoms with Gasteiger partial charge in [0.25, 0.3) is 0 Å². The fraction of sp³-hybridized carbons (Fsp3) is 0.533. The van der Waals surface area contributed by atoms with Crippen LogP contribution < -0.4 is 20.1 Å². The fourth-order valence-corrected chi connectivity index (χ4v) is 1.72. The largest absolute Gasteiger partial charge is 0.493 e. The lowest BCUT2D eigenvalue weighted by molar-refractivity contribution is 0.311. The van der Waals surface area contributed by atoms with Gasteiger partial charge in [0.1, 0.15) is 0 Å². The number of rotatable bonds is 7. The molecule has 0 saturated carbocycles. The zero-order valence-electron chi connectivity index (χ0n) is 13.2. The highest BCUT2D eigenvalue weighted by Gasteiger charge is 2.06. The van der Waals surface area contributed by atoms with Gasteiger partial charge in [0.05, 0.1) is 13.7 Å². The lowest BCUT2D eigenvalue weighted by Gasteiger charge is -2.14. The van der Waals surface area contributed by atoms with E-state index in [2.05, 4.69) is 22.5 Å². The van der Waals surface area contributed by atoms with Crippen molar-refractivity contribution >= 4 is 35.6 Å². The second-order valence-corrected chi connectivity index (χ2v) is 4.28. The van der Waals surface area contributed by atoms with Gasteiger partial charge in [-0.05, 0) is 25.5 Å². The fourth-order valence-electron chi connectivity index (χ4n) is 1.72. The van der Waals surface area contributed by atoms with Crippen LogP contribution >= 0.6 is 24.0 Å². The highest BCUT2D eigenvalue weighted by molar-refractivity contribution is 14.0. The summed E-state index contributed by atoms with van der Waals surface area (Å²) in [6, 6.07) is 5.73. The average Bonchev–Trinajstić information content (AvgIpc) is 2.47. The van der Waals surface area contributed by atoms with Gasteiger partial charge in [-0.3, -0.25) is 4.99 Å². The average molecular weight is 407 g/mol. The smallest absolute Gasteiger partial charge is 0.195 e. The maximum absolute atomic E-state index is 5.56. The van der Waals surface area contributed by atoms with Crippen molar-refractivity contribution in [3.63, 3.8) is 0 Å². The highest BCUT2D eigenvalue weighted by atomic mass is 127. The van der Waals surface area contributed by atoms with Gasteiger partial charge in [0, 0.05) is 25.3 Å². The summed E-state index contributed by atoms with van der Waals surface area (Å²) in [5, 5.41) is 6.51. The number of ether oxygens (including phenoxy) is 2. The van der Waals surface area contributed by atoms with Crippen LogP contribution in [0.5, 0.6) is 11.5 Å². The molecule has 0 amide bonds. The van der Waals surface area contributed by atoms with E-state index in [1.165, 1.54) is 0 Å². The summed E-state index contributed by atoms with van der Waals surface area (Å²) < 4.78 is 10.8. The molecule has 1 aromatic carbocycles. The number of nitrogens with zero attached hydrogens (tertiary/aromatic N) is 1. The van der Waals surface area contributed by atoms with Crippen molar-refractivity contribution in [1.82, 2.24) is 5.32 Å². The standard InChI is InChI=1S/C15H25N3O2.HI/c1-5-7-10-17-15(16-3)18-12-8-9-13(19-4)14(11-12)20-6-2;/h8-9,11H,5-7,10H2,1-4H3,(H2,16,17,18);1H. The molecule has 0 aliphatic heterocycles. The Labute approximate surface area is 144 Å². The Kier molecular flexibility index (Phi) is 10.8. The predicted octanol–water partition coefficient (Wildman–Crippen LogP) is 3.50. The molecule has 0 spiro atoms. The maximum atomic E-state index is 5.56. The molecule has 120 valence electrons. The van der Waals surface area contributed by atoms with Crippen LogP contribution in [-0.4, -0.2) is 33.3 Å². The van der Waals surface area contributed by atoms with Crippen LogP contribution in [0.1, 0.15) is 26.7 Å². The Morgan fingerprint density at radius 3 is 2.57 bits per heavy atom. The first kappa shape index (κ1) is 19.8. The number of benzene rings is 1. The number of anilines is 1. The second-order valence-electron chi connectivity index (χ2n) is 4.28. The number of hydrogen-bond acceptors (Lipinski definition) is 3. The summed E-state index contributed by atoms with van der Waals surface area (Å²) in [7, 11) is 3.39. The normalized spacial score (nSPS) is 10.6. The van der Waals surface area contributed by atoms with Gasteiger partial charge in [-0.1, -0.05) is 13.3 Å². The molecule has 0 radical (unpaired) electrons. The molecule has 21 heavy (non-hydrogen) atoms. The molecule has 0 aromatic heterocycles. The van der Waals surface area contributed by atoms with Crippen LogP contribution in [-0.2, 0) is 0 Å².